The number of amides is 1. The van der Waals surface area contributed by atoms with Gasteiger partial charge in [-0.05, 0) is 23.8 Å². The van der Waals surface area contributed by atoms with Crippen LogP contribution < -0.4 is 19.7 Å². The van der Waals surface area contributed by atoms with E-state index in [2.05, 4.69) is 20.2 Å². The van der Waals surface area contributed by atoms with Gasteiger partial charge in [0.15, 0.2) is 11.5 Å². The Bertz CT molecular complexity index is 748. The summed E-state index contributed by atoms with van der Waals surface area (Å²) < 4.78 is 10.5. The van der Waals surface area contributed by atoms with Crippen molar-refractivity contribution in [1.29, 1.82) is 0 Å². The molecule has 27 heavy (non-hydrogen) atoms. The Balaban J connectivity index is 1.44. The van der Waals surface area contributed by atoms with Crippen molar-refractivity contribution >= 4 is 11.9 Å². The van der Waals surface area contributed by atoms with Gasteiger partial charge in [-0.3, -0.25) is 4.79 Å². The second-order valence-electron chi connectivity index (χ2n) is 6.21. The van der Waals surface area contributed by atoms with Gasteiger partial charge in [0.05, 0.1) is 20.8 Å². The molecular weight excluding hydrogens is 346 g/mol. The van der Waals surface area contributed by atoms with Gasteiger partial charge in [-0.1, -0.05) is 6.07 Å². The number of nitrogens with one attached hydrogen (secondary N) is 1. The van der Waals surface area contributed by atoms with E-state index in [1.807, 2.05) is 23.1 Å². The van der Waals surface area contributed by atoms with Crippen LogP contribution in [0.5, 0.6) is 11.5 Å². The first-order valence-corrected chi connectivity index (χ1v) is 8.92. The number of methoxy groups -OCH3 is 2. The summed E-state index contributed by atoms with van der Waals surface area (Å²) in [5, 5.41) is 3.20. The Morgan fingerprint density at radius 3 is 2.44 bits per heavy atom. The lowest BCUT2D eigenvalue weighted by atomic mass is 10.2. The zero-order valence-corrected chi connectivity index (χ0v) is 15.7. The van der Waals surface area contributed by atoms with Crippen LogP contribution in [-0.2, 0) is 11.3 Å². The van der Waals surface area contributed by atoms with Crippen molar-refractivity contribution in [2.24, 2.45) is 0 Å². The second kappa shape index (κ2) is 9.18. The quantitative estimate of drug-likeness (QED) is 0.776. The molecule has 8 nitrogen and oxygen atoms in total. The standard InChI is InChI=1S/C19H25N5O3/c1-26-16-5-4-15(12-17(16)27-2)13-20-14-18(25)23-8-10-24(11-9-23)19-21-6-3-7-22-19/h3-7,12,20H,8-11,13-14H2,1-2H3. The summed E-state index contributed by atoms with van der Waals surface area (Å²) >= 11 is 0. The predicted octanol–water partition coefficient (Wildman–Crippen LogP) is 0.932. The molecule has 0 atom stereocenters. The van der Waals surface area contributed by atoms with Crippen LogP contribution in [0.1, 0.15) is 5.56 Å². The van der Waals surface area contributed by atoms with Crippen molar-refractivity contribution < 1.29 is 14.3 Å². The molecule has 0 saturated carbocycles. The Morgan fingerprint density at radius 1 is 1.07 bits per heavy atom. The number of carbonyl (C=O) groups excluding carboxylic acids is 1. The maximum absolute atomic E-state index is 12.4. The molecule has 2 aromatic rings. The first-order valence-electron chi connectivity index (χ1n) is 8.92. The van der Waals surface area contributed by atoms with Crippen LogP contribution in [0.15, 0.2) is 36.7 Å². The number of aromatic nitrogens is 2. The third kappa shape index (κ3) is 4.85. The van der Waals surface area contributed by atoms with Crippen molar-refractivity contribution in [3.63, 3.8) is 0 Å². The van der Waals surface area contributed by atoms with Crippen molar-refractivity contribution in [2.45, 2.75) is 6.54 Å². The molecule has 1 aliphatic heterocycles. The van der Waals surface area contributed by atoms with E-state index in [0.29, 0.717) is 37.7 Å². The highest BCUT2D eigenvalue weighted by Crippen LogP contribution is 2.27. The normalized spacial score (nSPS) is 14.1. The highest BCUT2D eigenvalue weighted by molar-refractivity contribution is 5.78. The highest BCUT2D eigenvalue weighted by Gasteiger charge is 2.22. The molecule has 0 radical (unpaired) electrons. The van der Waals surface area contributed by atoms with E-state index < -0.39 is 0 Å². The number of benzene rings is 1. The topological polar surface area (TPSA) is 79.8 Å². The van der Waals surface area contributed by atoms with Crippen LogP contribution >= 0.6 is 0 Å². The molecule has 1 saturated heterocycles. The average molecular weight is 371 g/mol. The van der Waals surface area contributed by atoms with Gasteiger partial charge in [0, 0.05) is 45.1 Å². The van der Waals surface area contributed by atoms with Gasteiger partial charge in [-0.25, -0.2) is 9.97 Å². The molecule has 1 N–H and O–H groups in total. The average Bonchev–Trinajstić information content (AvgIpc) is 2.74. The SMILES string of the molecule is COc1ccc(CNCC(=O)N2CCN(c3ncccn3)CC2)cc1OC. The number of nitrogens with zero attached hydrogens (tertiary/aromatic N) is 4. The van der Waals surface area contributed by atoms with Crippen molar-refractivity contribution in [3.8, 4) is 11.5 Å². The summed E-state index contributed by atoms with van der Waals surface area (Å²) in [6, 6.07) is 7.53. The Morgan fingerprint density at radius 2 is 1.78 bits per heavy atom. The molecule has 144 valence electrons. The molecule has 1 amide bonds. The molecule has 1 aliphatic rings. The summed E-state index contributed by atoms with van der Waals surface area (Å²) in [6.07, 6.45) is 3.47. The first-order chi connectivity index (χ1) is 13.2. The number of piperazine rings is 1. The minimum atomic E-state index is 0.101. The Labute approximate surface area is 159 Å². The smallest absolute Gasteiger partial charge is 0.236 e. The van der Waals surface area contributed by atoms with E-state index in [9.17, 15) is 4.79 Å². The number of hydrogen-bond donors (Lipinski definition) is 1. The Hall–Kier alpha value is -2.87. The van der Waals surface area contributed by atoms with Crippen LogP contribution in [0.25, 0.3) is 0 Å². The lowest BCUT2D eigenvalue weighted by molar-refractivity contribution is -0.130. The summed E-state index contributed by atoms with van der Waals surface area (Å²) in [6.45, 7) is 3.72. The van der Waals surface area contributed by atoms with Gasteiger partial charge < -0.3 is 24.6 Å². The zero-order valence-electron chi connectivity index (χ0n) is 15.7. The number of rotatable bonds is 7. The van der Waals surface area contributed by atoms with Gasteiger partial charge in [0.25, 0.3) is 0 Å². The van der Waals surface area contributed by atoms with Crippen molar-refractivity contribution in [3.05, 3.63) is 42.2 Å². The fourth-order valence-electron chi connectivity index (χ4n) is 3.03. The fraction of sp³-hybridized carbons (Fsp3) is 0.421. The predicted molar refractivity (Wildman–Crippen MR) is 102 cm³/mol. The maximum Gasteiger partial charge on any atom is 0.236 e. The molecule has 1 fully saturated rings. The Kier molecular flexibility index (Phi) is 6.43. The number of carbonyl (C=O) groups is 1. The molecule has 1 aromatic carbocycles. The van der Waals surface area contributed by atoms with Crippen LogP contribution in [0, 0.1) is 0 Å². The lowest BCUT2D eigenvalue weighted by Crippen LogP contribution is -2.51. The molecule has 1 aromatic heterocycles. The van der Waals surface area contributed by atoms with Crippen LogP contribution in [-0.4, -0.2) is 67.7 Å². The van der Waals surface area contributed by atoms with Crippen molar-refractivity contribution in [2.75, 3.05) is 51.8 Å². The van der Waals surface area contributed by atoms with E-state index in [-0.39, 0.29) is 5.91 Å². The van der Waals surface area contributed by atoms with Gasteiger partial charge in [-0.15, -0.1) is 0 Å². The molecule has 0 bridgehead atoms. The molecule has 8 heteroatoms. The second-order valence-corrected chi connectivity index (χ2v) is 6.21. The maximum atomic E-state index is 12.4. The molecule has 3 rings (SSSR count). The zero-order chi connectivity index (χ0) is 19.1. The molecule has 2 heterocycles. The summed E-state index contributed by atoms with van der Waals surface area (Å²) in [4.78, 5) is 24.9. The van der Waals surface area contributed by atoms with E-state index in [0.717, 1.165) is 24.6 Å². The van der Waals surface area contributed by atoms with E-state index >= 15 is 0 Å². The highest BCUT2D eigenvalue weighted by atomic mass is 16.5. The lowest BCUT2D eigenvalue weighted by Gasteiger charge is -2.34. The van der Waals surface area contributed by atoms with Crippen LogP contribution in [0.4, 0.5) is 5.95 Å². The third-order valence-electron chi connectivity index (χ3n) is 4.52. The summed E-state index contributed by atoms with van der Waals surface area (Å²) in [7, 11) is 3.22. The van der Waals surface area contributed by atoms with E-state index in [1.54, 1.807) is 32.7 Å². The van der Waals surface area contributed by atoms with Crippen LogP contribution in [0.2, 0.25) is 0 Å². The first kappa shape index (κ1) is 18.9. The van der Waals surface area contributed by atoms with E-state index in [4.69, 9.17) is 9.47 Å². The number of hydrogen-bond acceptors (Lipinski definition) is 7. The van der Waals surface area contributed by atoms with Gasteiger partial charge in [0.2, 0.25) is 11.9 Å². The molecule has 0 spiro atoms. The summed E-state index contributed by atoms with van der Waals surface area (Å²) in [5.41, 5.74) is 1.03. The van der Waals surface area contributed by atoms with Gasteiger partial charge >= 0.3 is 0 Å². The van der Waals surface area contributed by atoms with E-state index in [1.165, 1.54) is 0 Å². The largest absolute Gasteiger partial charge is 0.493 e. The fourth-order valence-corrected chi connectivity index (χ4v) is 3.03. The van der Waals surface area contributed by atoms with Crippen LogP contribution in [0.3, 0.4) is 0 Å². The summed E-state index contributed by atoms with van der Waals surface area (Å²) in [5.74, 6) is 2.19. The molecular formula is C19H25N5O3. The van der Waals surface area contributed by atoms with Gasteiger partial charge in [-0.2, -0.15) is 0 Å². The third-order valence-corrected chi connectivity index (χ3v) is 4.52. The number of ether oxygens (including phenoxy) is 2. The molecule has 0 unspecified atom stereocenters. The molecule has 0 aliphatic carbocycles. The van der Waals surface area contributed by atoms with Crippen molar-refractivity contribution in [1.82, 2.24) is 20.2 Å². The minimum Gasteiger partial charge on any atom is -0.493 e. The minimum absolute atomic E-state index is 0.101. The van der Waals surface area contributed by atoms with Gasteiger partial charge in [0.1, 0.15) is 0 Å². The number of anilines is 1. The monoisotopic (exact) mass is 371 g/mol.